The van der Waals surface area contributed by atoms with Crippen molar-refractivity contribution in [1.82, 2.24) is 4.98 Å². The van der Waals surface area contributed by atoms with Crippen molar-refractivity contribution in [3.8, 4) is 22.4 Å². The van der Waals surface area contributed by atoms with E-state index < -0.39 is 0 Å². The van der Waals surface area contributed by atoms with Gasteiger partial charge in [0.05, 0.1) is 0 Å². The third-order valence-corrected chi connectivity index (χ3v) is 8.90. The van der Waals surface area contributed by atoms with Gasteiger partial charge in [0.15, 0.2) is 0 Å². The second kappa shape index (κ2) is 8.85. The van der Waals surface area contributed by atoms with Gasteiger partial charge in [-0.25, -0.2) is 0 Å². The molecule has 0 amide bonds. The molecular formula is C37H30IrN-. The number of rotatable bonds is 1. The summed E-state index contributed by atoms with van der Waals surface area (Å²) in [4.78, 5) is 4.94. The molecule has 0 saturated carbocycles. The summed E-state index contributed by atoms with van der Waals surface area (Å²) in [6.07, 6.45) is 6.36. The van der Waals surface area contributed by atoms with Gasteiger partial charge in [-0.15, -0.1) is 28.8 Å². The van der Waals surface area contributed by atoms with Gasteiger partial charge < -0.3 is 4.98 Å². The van der Waals surface area contributed by atoms with E-state index in [9.17, 15) is 0 Å². The average Bonchev–Trinajstić information content (AvgIpc) is 2.94. The zero-order valence-corrected chi connectivity index (χ0v) is 25.0. The molecule has 1 aromatic heterocycles. The molecule has 0 bridgehead atoms. The van der Waals surface area contributed by atoms with Crippen LogP contribution < -0.4 is 0 Å². The van der Waals surface area contributed by atoms with Crippen LogP contribution in [-0.2, 0) is 51.2 Å². The molecule has 193 valence electrons. The molecule has 6 aromatic rings. The van der Waals surface area contributed by atoms with Crippen molar-refractivity contribution >= 4 is 32.3 Å². The Morgan fingerprint density at radius 1 is 0.641 bits per heavy atom. The Bertz CT molecular complexity index is 1910. The van der Waals surface area contributed by atoms with E-state index in [1.807, 2.05) is 6.20 Å². The summed E-state index contributed by atoms with van der Waals surface area (Å²) in [5.41, 5.74) is 12.5. The molecule has 1 nitrogen and oxygen atoms in total. The minimum atomic E-state index is 0. The fourth-order valence-electron chi connectivity index (χ4n) is 6.94. The van der Waals surface area contributed by atoms with Crippen molar-refractivity contribution in [2.75, 3.05) is 0 Å². The molecule has 39 heavy (non-hydrogen) atoms. The topological polar surface area (TPSA) is 12.9 Å². The molecule has 0 atom stereocenters. The number of hydrogen-bond acceptors (Lipinski definition) is 1. The van der Waals surface area contributed by atoms with Crippen LogP contribution in [0.1, 0.15) is 48.6 Å². The first-order chi connectivity index (χ1) is 18.5. The number of pyridine rings is 1. The molecule has 8 rings (SSSR count). The van der Waals surface area contributed by atoms with Gasteiger partial charge in [0.2, 0.25) is 0 Å². The summed E-state index contributed by atoms with van der Waals surface area (Å²) in [5.74, 6) is 0. The summed E-state index contributed by atoms with van der Waals surface area (Å²) >= 11 is 0. The molecule has 2 heteroatoms. The molecule has 5 aromatic carbocycles. The molecule has 2 aliphatic rings. The van der Waals surface area contributed by atoms with Crippen LogP contribution in [0, 0.1) is 6.07 Å². The van der Waals surface area contributed by atoms with E-state index in [0.29, 0.717) is 0 Å². The summed E-state index contributed by atoms with van der Waals surface area (Å²) in [5, 5.41) is 7.69. The Labute approximate surface area is 243 Å². The summed E-state index contributed by atoms with van der Waals surface area (Å²) < 4.78 is 0. The zero-order chi connectivity index (χ0) is 25.6. The van der Waals surface area contributed by atoms with E-state index in [1.165, 1.54) is 71.3 Å². The Balaban J connectivity index is 0.00000253. The van der Waals surface area contributed by atoms with Crippen molar-refractivity contribution < 1.29 is 20.1 Å². The fraction of sp³-hybridized carbons (Fsp3) is 0.216. The monoisotopic (exact) mass is 681 g/mol. The van der Waals surface area contributed by atoms with Crippen LogP contribution in [0.3, 0.4) is 0 Å². The maximum absolute atomic E-state index is 4.94. The van der Waals surface area contributed by atoms with Crippen LogP contribution in [0.25, 0.3) is 54.7 Å². The fourth-order valence-corrected chi connectivity index (χ4v) is 6.94. The van der Waals surface area contributed by atoms with Crippen molar-refractivity contribution in [2.24, 2.45) is 0 Å². The molecular weight excluding hydrogens is 651 g/mol. The predicted octanol–water partition coefficient (Wildman–Crippen LogP) is 9.17. The minimum Gasteiger partial charge on any atom is -0.304 e. The number of aromatic nitrogens is 1. The van der Waals surface area contributed by atoms with Gasteiger partial charge in [-0.05, 0) is 91.9 Å². The molecule has 0 N–H and O–H groups in total. The summed E-state index contributed by atoms with van der Waals surface area (Å²) in [7, 11) is 0. The molecule has 0 spiro atoms. The number of hydrogen-bond donors (Lipinski definition) is 0. The third-order valence-electron chi connectivity index (χ3n) is 8.90. The number of fused-ring (bicyclic) bond motifs is 5. The van der Waals surface area contributed by atoms with Gasteiger partial charge in [-0.2, -0.15) is 0 Å². The van der Waals surface area contributed by atoms with Crippen LogP contribution in [0.2, 0.25) is 0 Å². The Hall–Kier alpha value is -3.32. The second-order valence-corrected chi connectivity index (χ2v) is 12.2. The summed E-state index contributed by atoms with van der Waals surface area (Å²) in [6, 6.07) is 31.4. The van der Waals surface area contributed by atoms with Gasteiger partial charge in [0.1, 0.15) is 0 Å². The van der Waals surface area contributed by atoms with Crippen LogP contribution in [0.5, 0.6) is 0 Å². The van der Waals surface area contributed by atoms with Gasteiger partial charge in [0.25, 0.3) is 0 Å². The normalized spacial score (nSPS) is 13.9. The summed E-state index contributed by atoms with van der Waals surface area (Å²) in [6.45, 7) is 6.84. The van der Waals surface area contributed by atoms with Gasteiger partial charge >= 0.3 is 0 Å². The minimum absolute atomic E-state index is 0. The van der Waals surface area contributed by atoms with Crippen molar-refractivity contribution in [1.29, 1.82) is 0 Å². The zero-order valence-electron chi connectivity index (χ0n) is 22.6. The molecule has 0 saturated heterocycles. The van der Waals surface area contributed by atoms with Crippen LogP contribution >= 0.6 is 0 Å². The van der Waals surface area contributed by atoms with E-state index in [-0.39, 0.29) is 25.5 Å². The van der Waals surface area contributed by atoms with Gasteiger partial charge in [-0.3, -0.25) is 0 Å². The molecule has 0 aliphatic heterocycles. The quantitative estimate of drug-likeness (QED) is 0.125. The van der Waals surface area contributed by atoms with E-state index in [0.717, 1.165) is 36.9 Å². The smallest absolute Gasteiger partial charge is 0.0167 e. The Morgan fingerprint density at radius 2 is 1.31 bits per heavy atom. The maximum Gasteiger partial charge on any atom is 0.0167 e. The van der Waals surface area contributed by atoms with E-state index in [1.54, 1.807) is 0 Å². The number of nitrogens with zero attached hydrogens (tertiary/aromatic N) is 1. The third kappa shape index (κ3) is 3.73. The SMILES string of the molecule is CC(C)(C)c1ccc2c(ccc3c4ccnc(-c5[c-]c6c7c(c5)CCc5cccc(c5-7)CC6)c4ccc23)c1.[Ir]. The molecule has 2 aliphatic carbocycles. The van der Waals surface area contributed by atoms with E-state index in [4.69, 9.17) is 4.98 Å². The van der Waals surface area contributed by atoms with Crippen molar-refractivity contribution in [3.63, 3.8) is 0 Å². The second-order valence-electron chi connectivity index (χ2n) is 12.2. The van der Waals surface area contributed by atoms with Gasteiger partial charge in [0, 0.05) is 26.3 Å². The Kier molecular flexibility index (Phi) is 5.60. The van der Waals surface area contributed by atoms with Crippen LogP contribution in [-0.4, -0.2) is 4.98 Å². The van der Waals surface area contributed by atoms with E-state index >= 15 is 0 Å². The van der Waals surface area contributed by atoms with Crippen LogP contribution in [0.4, 0.5) is 0 Å². The van der Waals surface area contributed by atoms with E-state index in [2.05, 4.69) is 99.6 Å². The van der Waals surface area contributed by atoms with Gasteiger partial charge in [-0.1, -0.05) is 92.6 Å². The molecule has 0 unspecified atom stereocenters. The first-order valence-electron chi connectivity index (χ1n) is 13.9. The molecule has 0 fully saturated rings. The molecule has 1 heterocycles. The average molecular weight is 681 g/mol. The largest absolute Gasteiger partial charge is 0.304 e. The maximum atomic E-state index is 4.94. The first kappa shape index (κ1) is 24.7. The predicted molar refractivity (Wildman–Crippen MR) is 160 cm³/mol. The van der Waals surface area contributed by atoms with Crippen molar-refractivity contribution in [3.05, 3.63) is 113 Å². The standard InChI is InChI=1S/C37H30N.Ir/c1-37(2,3)28-12-14-29-24(21-28)11-13-31-30(29)15-16-33-32(31)17-18-38-36(33)27-19-25-9-7-22-5-4-6-23-8-10-26(20-27)35(25)34(22)23;/h4-6,11-19,21H,7-10H2,1-3H3;/q-1;. The Morgan fingerprint density at radius 3 is 2.13 bits per heavy atom. The molecule has 1 radical (unpaired) electrons. The number of benzene rings is 5. The first-order valence-corrected chi connectivity index (χ1v) is 13.9. The van der Waals surface area contributed by atoms with Crippen molar-refractivity contribution in [2.45, 2.75) is 51.9 Å². The number of aryl methyl sites for hydroxylation is 4. The van der Waals surface area contributed by atoms with Crippen LogP contribution in [0.15, 0.2) is 79.0 Å².